The van der Waals surface area contributed by atoms with Crippen LogP contribution in [0.1, 0.15) is 18.4 Å². The lowest BCUT2D eigenvalue weighted by atomic mass is 9.96. The van der Waals surface area contributed by atoms with Crippen LogP contribution in [0.15, 0.2) is 27.6 Å². The first-order valence-corrected chi connectivity index (χ1v) is 7.70. The molecule has 1 saturated carbocycles. The van der Waals surface area contributed by atoms with E-state index in [1.54, 1.807) is 12.1 Å². The first-order valence-electron chi connectivity index (χ1n) is 5.01. The van der Waals surface area contributed by atoms with E-state index < -0.39 is 21.2 Å². The standard InChI is InChI=1S/C11H11BrO4S/c1-17(15,16)8-4-2-3-7(12)9(8)11(5-6-11)10(13)14/h2-4H,5-6H2,1H3,(H,13,14). The van der Waals surface area contributed by atoms with E-state index in [9.17, 15) is 18.3 Å². The van der Waals surface area contributed by atoms with Crippen LogP contribution < -0.4 is 0 Å². The molecule has 1 fully saturated rings. The van der Waals surface area contributed by atoms with Gasteiger partial charge in [-0.25, -0.2) is 8.42 Å². The molecule has 6 heteroatoms. The highest BCUT2D eigenvalue weighted by atomic mass is 79.9. The van der Waals surface area contributed by atoms with Crippen molar-refractivity contribution in [3.63, 3.8) is 0 Å². The van der Waals surface area contributed by atoms with Crippen LogP contribution in [0.4, 0.5) is 0 Å². The zero-order valence-electron chi connectivity index (χ0n) is 9.10. The van der Waals surface area contributed by atoms with Crippen LogP contribution in [0.2, 0.25) is 0 Å². The number of aliphatic carboxylic acids is 1. The second-order valence-corrected chi connectivity index (χ2v) is 7.11. The predicted molar refractivity (Wildman–Crippen MR) is 65.8 cm³/mol. The van der Waals surface area contributed by atoms with Crippen molar-refractivity contribution in [2.45, 2.75) is 23.2 Å². The number of carbonyl (C=O) groups is 1. The lowest BCUT2D eigenvalue weighted by molar-refractivity contribution is -0.140. The van der Waals surface area contributed by atoms with Crippen LogP contribution in [0, 0.1) is 0 Å². The zero-order chi connectivity index (χ0) is 12.8. The van der Waals surface area contributed by atoms with Gasteiger partial charge < -0.3 is 5.11 Å². The number of carboxylic acids is 1. The fourth-order valence-corrected chi connectivity index (χ4v) is 3.85. The highest BCUT2D eigenvalue weighted by Gasteiger charge is 2.54. The van der Waals surface area contributed by atoms with E-state index in [1.165, 1.54) is 6.07 Å². The molecule has 0 spiro atoms. The van der Waals surface area contributed by atoms with Gasteiger partial charge in [0.2, 0.25) is 0 Å². The summed E-state index contributed by atoms with van der Waals surface area (Å²) in [5.41, 5.74) is -0.645. The Morgan fingerprint density at radius 1 is 1.41 bits per heavy atom. The first-order chi connectivity index (χ1) is 7.79. The summed E-state index contributed by atoms with van der Waals surface area (Å²) in [6, 6.07) is 4.73. The maximum atomic E-state index is 11.7. The van der Waals surface area contributed by atoms with Crippen molar-refractivity contribution in [2.24, 2.45) is 0 Å². The van der Waals surface area contributed by atoms with E-state index in [2.05, 4.69) is 15.9 Å². The Hall–Kier alpha value is -0.880. The van der Waals surface area contributed by atoms with Gasteiger partial charge >= 0.3 is 5.97 Å². The van der Waals surface area contributed by atoms with Crippen LogP contribution in [0.3, 0.4) is 0 Å². The van der Waals surface area contributed by atoms with Crippen molar-refractivity contribution in [1.82, 2.24) is 0 Å². The molecule has 0 atom stereocenters. The molecule has 0 unspecified atom stereocenters. The predicted octanol–water partition coefficient (Wildman–Crippen LogP) is 1.97. The number of sulfone groups is 1. The number of hydrogen-bond donors (Lipinski definition) is 1. The molecule has 1 aromatic rings. The molecule has 0 aromatic heterocycles. The number of benzene rings is 1. The molecule has 1 N–H and O–H groups in total. The van der Waals surface area contributed by atoms with E-state index in [0.717, 1.165) is 6.26 Å². The number of carboxylic acid groups (broad SMARTS) is 1. The van der Waals surface area contributed by atoms with Crippen LogP contribution in [0.5, 0.6) is 0 Å². The van der Waals surface area contributed by atoms with Gasteiger partial charge in [0.25, 0.3) is 0 Å². The Bertz CT molecular complexity index is 587. The van der Waals surface area contributed by atoms with Gasteiger partial charge in [-0.05, 0) is 25.0 Å². The van der Waals surface area contributed by atoms with Gasteiger partial charge in [0.15, 0.2) is 9.84 Å². The zero-order valence-corrected chi connectivity index (χ0v) is 11.5. The fraction of sp³-hybridized carbons (Fsp3) is 0.364. The van der Waals surface area contributed by atoms with Gasteiger partial charge in [0.05, 0.1) is 10.3 Å². The maximum absolute atomic E-state index is 11.7. The molecule has 0 bridgehead atoms. The summed E-state index contributed by atoms with van der Waals surface area (Å²) in [6.45, 7) is 0. The molecule has 17 heavy (non-hydrogen) atoms. The summed E-state index contributed by atoms with van der Waals surface area (Å²) in [6.07, 6.45) is 2.05. The lowest BCUT2D eigenvalue weighted by Crippen LogP contribution is -2.23. The van der Waals surface area contributed by atoms with E-state index in [-0.39, 0.29) is 4.90 Å². The van der Waals surface area contributed by atoms with Crippen molar-refractivity contribution in [3.05, 3.63) is 28.2 Å². The summed E-state index contributed by atoms with van der Waals surface area (Å²) >= 11 is 3.26. The molecule has 0 radical (unpaired) electrons. The molecule has 1 aliphatic carbocycles. The van der Waals surface area contributed by atoms with Crippen molar-refractivity contribution in [2.75, 3.05) is 6.26 Å². The van der Waals surface area contributed by atoms with Gasteiger partial charge in [0, 0.05) is 16.3 Å². The largest absolute Gasteiger partial charge is 0.481 e. The Balaban J connectivity index is 2.74. The SMILES string of the molecule is CS(=O)(=O)c1cccc(Br)c1C1(C(=O)O)CC1. The summed E-state index contributed by atoms with van der Waals surface area (Å²) in [4.78, 5) is 11.4. The fourth-order valence-electron chi connectivity index (χ4n) is 1.97. The smallest absolute Gasteiger partial charge is 0.314 e. The second-order valence-electron chi connectivity index (χ2n) is 4.27. The lowest BCUT2D eigenvalue weighted by Gasteiger charge is -2.16. The number of hydrogen-bond acceptors (Lipinski definition) is 3. The minimum Gasteiger partial charge on any atom is -0.481 e. The third kappa shape index (κ3) is 1.99. The van der Waals surface area contributed by atoms with Gasteiger partial charge in [-0.2, -0.15) is 0 Å². The minimum absolute atomic E-state index is 0.103. The molecular formula is C11H11BrO4S. The maximum Gasteiger partial charge on any atom is 0.314 e. The summed E-state index contributed by atoms with van der Waals surface area (Å²) in [5, 5.41) is 9.26. The summed E-state index contributed by atoms with van der Waals surface area (Å²) < 4.78 is 23.9. The highest BCUT2D eigenvalue weighted by molar-refractivity contribution is 9.10. The minimum atomic E-state index is -3.43. The Kier molecular flexibility index (Phi) is 2.82. The molecule has 1 aliphatic rings. The van der Waals surface area contributed by atoms with Gasteiger partial charge in [-0.3, -0.25) is 4.79 Å². The van der Waals surface area contributed by atoms with Crippen molar-refractivity contribution in [1.29, 1.82) is 0 Å². The number of halogens is 1. The molecule has 0 amide bonds. The molecular weight excluding hydrogens is 308 g/mol. The molecule has 4 nitrogen and oxygen atoms in total. The summed E-state index contributed by atoms with van der Waals surface area (Å²) in [7, 11) is -3.43. The Morgan fingerprint density at radius 2 is 2.00 bits per heavy atom. The van der Waals surface area contributed by atoms with Crippen LogP contribution in [-0.4, -0.2) is 25.7 Å². The van der Waals surface area contributed by atoms with E-state index >= 15 is 0 Å². The third-order valence-electron chi connectivity index (χ3n) is 3.01. The van der Waals surface area contributed by atoms with E-state index in [1.807, 2.05) is 0 Å². The number of rotatable bonds is 3. The summed E-state index contributed by atoms with van der Waals surface area (Å²) in [5.74, 6) is -0.964. The first kappa shape index (κ1) is 12.6. The van der Waals surface area contributed by atoms with Crippen LogP contribution >= 0.6 is 15.9 Å². The quantitative estimate of drug-likeness (QED) is 0.924. The Morgan fingerprint density at radius 3 is 2.41 bits per heavy atom. The van der Waals surface area contributed by atoms with Crippen molar-refractivity contribution >= 4 is 31.7 Å². The third-order valence-corrected chi connectivity index (χ3v) is 4.81. The highest BCUT2D eigenvalue weighted by Crippen LogP contribution is 2.52. The normalized spacial score (nSPS) is 17.8. The molecule has 0 saturated heterocycles. The molecule has 92 valence electrons. The topological polar surface area (TPSA) is 71.4 Å². The van der Waals surface area contributed by atoms with Gasteiger partial charge in [0.1, 0.15) is 0 Å². The molecule has 2 rings (SSSR count). The monoisotopic (exact) mass is 318 g/mol. The average molecular weight is 319 g/mol. The van der Waals surface area contributed by atoms with Crippen molar-refractivity contribution in [3.8, 4) is 0 Å². The van der Waals surface area contributed by atoms with Gasteiger partial charge in [-0.15, -0.1) is 0 Å². The molecule has 0 heterocycles. The van der Waals surface area contributed by atoms with Crippen molar-refractivity contribution < 1.29 is 18.3 Å². The van der Waals surface area contributed by atoms with E-state index in [4.69, 9.17) is 0 Å². The average Bonchev–Trinajstić information content (AvgIpc) is 2.96. The second kappa shape index (κ2) is 3.81. The van der Waals surface area contributed by atoms with E-state index in [0.29, 0.717) is 22.9 Å². The van der Waals surface area contributed by atoms with Crippen LogP contribution in [0.25, 0.3) is 0 Å². The van der Waals surface area contributed by atoms with Crippen LogP contribution in [-0.2, 0) is 20.0 Å². The Labute approximate surface area is 108 Å². The molecule has 1 aromatic carbocycles. The molecule has 0 aliphatic heterocycles. The van der Waals surface area contributed by atoms with Gasteiger partial charge in [-0.1, -0.05) is 22.0 Å².